The summed E-state index contributed by atoms with van der Waals surface area (Å²) in [5.41, 5.74) is 2.73. The van der Waals surface area contributed by atoms with Crippen molar-refractivity contribution in [3.63, 3.8) is 0 Å². The van der Waals surface area contributed by atoms with E-state index in [4.69, 9.17) is 11.6 Å². The van der Waals surface area contributed by atoms with Crippen LogP contribution in [0.2, 0.25) is 5.02 Å². The van der Waals surface area contributed by atoms with Crippen LogP contribution in [0.3, 0.4) is 0 Å². The molecule has 1 heterocycles. The van der Waals surface area contributed by atoms with E-state index in [-0.39, 0.29) is 25.2 Å². The van der Waals surface area contributed by atoms with Crippen molar-refractivity contribution in [1.82, 2.24) is 10.2 Å². The smallest absolute Gasteiger partial charge is 0.255 e. The molecule has 5 amide bonds. The summed E-state index contributed by atoms with van der Waals surface area (Å²) in [6, 6.07) is 13.2. The average molecular weight is 497 g/mol. The Balaban J connectivity index is 1.56. The van der Waals surface area contributed by atoms with Crippen molar-refractivity contribution in [2.75, 3.05) is 10.6 Å². The molecule has 2 aromatic carbocycles. The zero-order chi connectivity index (χ0) is 25.4. The highest BCUT2D eigenvalue weighted by molar-refractivity contribution is 6.30. The Bertz CT molecular complexity index is 1160. The quantitative estimate of drug-likeness (QED) is 0.278. The number of imide groups is 2. The fourth-order valence-electron chi connectivity index (χ4n) is 3.57. The molecule has 1 fully saturated rings. The molecule has 1 unspecified atom stereocenters. The minimum absolute atomic E-state index is 0.0550. The summed E-state index contributed by atoms with van der Waals surface area (Å²) in [5.74, 6) is -1.90. The Morgan fingerprint density at radius 1 is 1.11 bits per heavy atom. The third kappa shape index (κ3) is 7.51. The van der Waals surface area contributed by atoms with E-state index in [9.17, 15) is 24.0 Å². The molecule has 182 valence electrons. The lowest BCUT2D eigenvalue weighted by atomic mass is 10.0. The topological polar surface area (TPSA) is 125 Å². The van der Waals surface area contributed by atoms with Crippen LogP contribution in [0.4, 0.5) is 11.4 Å². The van der Waals surface area contributed by atoms with Gasteiger partial charge >= 0.3 is 0 Å². The van der Waals surface area contributed by atoms with E-state index in [0.717, 1.165) is 10.5 Å². The second-order valence-electron chi connectivity index (χ2n) is 8.03. The van der Waals surface area contributed by atoms with Crippen molar-refractivity contribution < 1.29 is 24.0 Å². The Kier molecular flexibility index (Phi) is 8.74. The van der Waals surface area contributed by atoms with Gasteiger partial charge in [-0.15, -0.1) is 0 Å². The number of piperidine rings is 1. The lowest BCUT2D eigenvalue weighted by Gasteiger charge is -2.27. The standard InChI is InChI=1S/C25H25ClN4O5/c1-16(13-24(34)30(15-31)21-10-12-23(33)29-25(21)35)27-20-4-2-3-17(14-20)5-11-22(32)28-19-8-6-18(26)7-9-19/h2-4,6-9,13-15,21,27H,5,10-12H2,1H3,(H,28,32)(H,29,33,35)/b16-13+. The number of carbonyl (C=O) groups is 5. The molecule has 1 aliphatic rings. The molecule has 0 spiro atoms. The van der Waals surface area contributed by atoms with E-state index in [1.54, 1.807) is 37.3 Å². The summed E-state index contributed by atoms with van der Waals surface area (Å²) in [5, 5.41) is 8.62. The van der Waals surface area contributed by atoms with Crippen LogP contribution in [-0.2, 0) is 30.4 Å². The second-order valence-corrected chi connectivity index (χ2v) is 8.46. The zero-order valence-electron chi connectivity index (χ0n) is 19.0. The fraction of sp³-hybridized carbons (Fsp3) is 0.240. The first-order valence-corrected chi connectivity index (χ1v) is 11.3. The maximum Gasteiger partial charge on any atom is 0.255 e. The average Bonchev–Trinajstić information content (AvgIpc) is 2.81. The van der Waals surface area contributed by atoms with Gasteiger partial charge in [0.25, 0.3) is 5.91 Å². The number of carbonyl (C=O) groups excluding carboxylic acids is 5. The van der Waals surface area contributed by atoms with Gasteiger partial charge in [0.2, 0.25) is 24.1 Å². The molecule has 0 aliphatic carbocycles. The molecule has 0 radical (unpaired) electrons. The van der Waals surface area contributed by atoms with Gasteiger partial charge < -0.3 is 10.6 Å². The number of hydrogen-bond acceptors (Lipinski definition) is 6. The third-order valence-electron chi connectivity index (χ3n) is 5.29. The van der Waals surface area contributed by atoms with Crippen molar-refractivity contribution in [2.45, 2.75) is 38.6 Å². The predicted molar refractivity (Wildman–Crippen MR) is 131 cm³/mol. The molecule has 9 nitrogen and oxygen atoms in total. The summed E-state index contributed by atoms with van der Waals surface area (Å²) < 4.78 is 0. The monoisotopic (exact) mass is 496 g/mol. The SMILES string of the molecule is C/C(=C\C(=O)N(C=O)C1CCC(=O)NC1=O)Nc1cccc(CCC(=O)Nc2ccc(Cl)cc2)c1. The molecule has 0 saturated carbocycles. The van der Waals surface area contributed by atoms with Crippen LogP contribution in [-0.4, -0.2) is 41.0 Å². The first-order valence-electron chi connectivity index (χ1n) is 11.0. The number of nitrogens with one attached hydrogen (secondary N) is 3. The lowest BCUT2D eigenvalue weighted by Crippen LogP contribution is -2.53. The van der Waals surface area contributed by atoms with Gasteiger partial charge in [-0.2, -0.15) is 0 Å². The molecule has 3 N–H and O–H groups in total. The molecule has 0 bridgehead atoms. The Hall–Kier alpha value is -3.98. The number of nitrogens with zero attached hydrogens (tertiary/aromatic N) is 1. The van der Waals surface area contributed by atoms with Gasteiger partial charge in [-0.05, 0) is 61.7 Å². The van der Waals surface area contributed by atoms with Crippen molar-refractivity contribution in [2.24, 2.45) is 0 Å². The lowest BCUT2D eigenvalue weighted by molar-refractivity contribution is -0.148. The van der Waals surface area contributed by atoms with Gasteiger partial charge in [0.1, 0.15) is 6.04 Å². The molecular formula is C25H25ClN4O5. The highest BCUT2D eigenvalue weighted by Crippen LogP contribution is 2.17. The Morgan fingerprint density at radius 2 is 1.86 bits per heavy atom. The number of halogens is 1. The summed E-state index contributed by atoms with van der Waals surface area (Å²) >= 11 is 5.85. The van der Waals surface area contributed by atoms with Crippen LogP contribution in [0.1, 0.15) is 31.7 Å². The van der Waals surface area contributed by atoms with Crippen molar-refractivity contribution >= 4 is 53.0 Å². The van der Waals surface area contributed by atoms with Gasteiger partial charge in [-0.25, -0.2) is 0 Å². The molecule has 1 aliphatic heterocycles. The molecule has 0 aromatic heterocycles. The number of rotatable bonds is 9. The Labute approximate surface area is 207 Å². The number of hydrogen-bond donors (Lipinski definition) is 3. The maximum absolute atomic E-state index is 12.6. The summed E-state index contributed by atoms with van der Waals surface area (Å²) in [7, 11) is 0. The van der Waals surface area contributed by atoms with Gasteiger partial charge in [0.05, 0.1) is 0 Å². The van der Waals surface area contributed by atoms with E-state index in [1.165, 1.54) is 6.08 Å². The number of allylic oxidation sites excluding steroid dienone is 1. The van der Waals surface area contributed by atoms with Crippen LogP contribution in [0.15, 0.2) is 60.3 Å². The van der Waals surface area contributed by atoms with Crippen molar-refractivity contribution in [3.05, 3.63) is 70.9 Å². The molecular weight excluding hydrogens is 472 g/mol. The van der Waals surface area contributed by atoms with Crippen molar-refractivity contribution in [1.29, 1.82) is 0 Å². The van der Waals surface area contributed by atoms with E-state index < -0.39 is 23.8 Å². The highest BCUT2D eigenvalue weighted by atomic mass is 35.5. The van der Waals surface area contributed by atoms with E-state index in [1.807, 2.05) is 18.2 Å². The number of aryl methyl sites for hydroxylation is 1. The van der Waals surface area contributed by atoms with Gasteiger partial charge in [0, 0.05) is 41.0 Å². The summed E-state index contributed by atoms with van der Waals surface area (Å²) in [6.07, 6.45) is 2.43. The van der Waals surface area contributed by atoms with Crippen molar-refractivity contribution in [3.8, 4) is 0 Å². The minimum atomic E-state index is -1.02. The number of benzene rings is 2. The summed E-state index contributed by atoms with van der Waals surface area (Å²) in [4.78, 5) is 60.4. The maximum atomic E-state index is 12.6. The molecule has 1 saturated heterocycles. The van der Waals surface area contributed by atoms with Gasteiger partial charge in [-0.3, -0.25) is 34.2 Å². The predicted octanol–water partition coefficient (Wildman–Crippen LogP) is 3.02. The van der Waals surface area contributed by atoms with Crippen LogP contribution in [0.25, 0.3) is 0 Å². The van der Waals surface area contributed by atoms with Gasteiger partial charge in [0.15, 0.2) is 0 Å². The Morgan fingerprint density at radius 3 is 2.54 bits per heavy atom. The van der Waals surface area contributed by atoms with Crippen LogP contribution >= 0.6 is 11.6 Å². The molecule has 3 rings (SSSR count). The normalized spacial score (nSPS) is 15.7. The summed E-state index contributed by atoms with van der Waals surface area (Å²) in [6.45, 7) is 1.65. The first-order chi connectivity index (χ1) is 16.7. The zero-order valence-corrected chi connectivity index (χ0v) is 19.8. The molecule has 10 heteroatoms. The van der Waals surface area contributed by atoms with E-state index in [0.29, 0.717) is 34.9 Å². The number of anilines is 2. The van der Waals surface area contributed by atoms with Crippen LogP contribution in [0.5, 0.6) is 0 Å². The highest BCUT2D eigenvalue weighted by Gasteiger charge is 2.33. The molecule has 1 atom stereocenters. The third-order valence-corrected chi connectivity index (χ3v) is 5.54. The minimum Gasteiger partial charge on any atom is -0.359 e. The number of amides is 5. The molecule has 2 aromatic rings. The van der Waals surface area contributed by atoms with E-state index >= 15 is 0 Å². The molecule has 35 heavy (non-hydrogen) atoms. The largest absolute Gasteiger partial charge is 0.359 e. The van der Waals surface area contributed by atoms with E-state index in [2.05, 4.69) is 16.0 Å². The van der Waals surface area contributed by atoms with Crippen LogP contribution < -0.4 is 16.0 Å². The second kappa shape index (κ2) is 11.9. The first kappa shape index (κ1) is 25.6. The van der Waals surface area contributed by atoms with Crippen LogP contribution in [0, 0.1) is 0 Å². The van der Waals surface area contributed by atoms with Gasteiger partial charge in [-0.1, -0.05) is 23.7 Å². The fourth-order valence-corrected chi connectivity index (χ4v) is 3.70.